The predicted octanol–water partition coefficient (Wildman–Crippen LogP) is 13.4. The number of nitrogens with zero attached hydrogens (tertiary/aromatic N) is 1. The zero-order valence-electron chi connectivity index (χ0n) is 27.9. The van der Waals surface area contributed by atoms with Gasteiger partial charge in [0.25, 0.3) is 0 Å². The Morgan fingerprint density at radius 3 is 0.842 bits per heavy atom. The molecule has 0 aromatic carbocycles. The third-order valence-electron chi connectivity index (χ3n) is 9.06. The van der Waals surface area contributed by atoms with E-state index in [2.05, 4.69) is 39.5 Å². The van der Waals surface area contributed by atoms with Crippen LogP contribution in [0.15, 0.2) is 0 Å². The second-order valence-corrected chi connectivity index (χ2v) is 13.4. The van der Waals surface area contributed by atoms with Gasteiger partial charge in [-0.2, -0.15) is 0 Å². The van der Waals surface area contributed by atoms with Crippen molar-refractivity contribution in [2.24, 2.45) is 0 Å². The van der Waals surface area contributed by atoms with Crippen LogP contribution in [0.25, 0.3) is 0 Å². The molecule has 0 saturated carbocycles. The largest absolute Gasteiger partial charge is 0.298 e. The topological polar surface area (TPSA) is 3.24 Å². The minimum atomic E-state index is 0.377. The maximum absolute atomic E-state index is 2.90. The molecule has 0 heterocycles. The maximum atomic E-state index is 2.90. The first-order valence-corrected chi connectivity index (χ1v) is 18.3. The van der Waals surface area contributed by atoms with Crippen molar-refractivity contribution >= 4 is 0 Å². The number of rotatable bonds is 32. The molecule has 0 aromatic heterocycles. The lowest BCUT2D eigenvalue weighted by molar-refractivity contribution is 0.102. The summed E-state index contributed by atoms with van der Waals surface area (Å²) in [6, 6.07) is 0. The van der Waals surface area contributed by atoms with Crippen molar-refractivity contribution < 1.29 is 0 Å². The maximum Gasteiger partial charge on any atom is 0.0153 e. The van der Waals surface area contributed by atoms with E-state index in [0.717, 1.165) is 0 Å². The van der Waals surface area contributed by atoms with Gasteiger partial charge in [-0.15, -0.1) is 0 Å². The van der Waals surface area contributed by atoms with Gasteiger partial charge in [0.2, 0.25) is 0 Å². The van der Waals surface area contributed by atoms with E-state index in [9.17, 15) is 0 Å². The van der Waals surface area contributed by atoms with Crippen molar-refractivity contribution in [3.8, 4) is 0 Å². The standard InChI is InChI=1S/C37H77N/c1-6-9-12-15-18-20-22-24-26-29-32-35-38(37(4,5)34-31-28-17-14-11-8-3)36-33-30-27-25-23-21-19-16-13-10-7-2/h6-36H2,1-5H3. The van der Waals surface area contributed by atoms with Crippen LogP contribution in [0.1, 0.15) is 221 Å². The molecule has 0 aromatic rings. The smallest absolute Gasteiger partial charge is 0.0153 e. The molecule has 0 fully saturated rings. The van der Waals surface area contributed by atoms with Gasteiger partial charge in [-0.05, 0) is 46.2 Å². The van der Waals surface area contributed by atoms with E-state index in [1.807, 2.05) is 0 Å². The molecule has 0 bridgehead atoms. The summed E-state index contributed by atoms with van der Waals surface area (Å²) in [7, 11) is 0. The van der Waals surface area contributed by atoms with Gasteiger partial charge in [0.05, 0.1) is 0 Å². The summed E-state index contributed by atoms with van der Waals surface area (Å²) in [4.78, 5) is 2.90. The fourth-order valence-electron chi connectivity index (χ4n) is 6.15. The molecule has 38 heavy (non-hydrogen) atoms. The molecule has 0 unspecified atom stereocenters. The Bertz CT molecular complexity index is 402. The molecule has 1 heteroatoms. The van der Waals surface area contributed by atoms with Crippen molar-refractivity contribution in [3.05, 3.63) is 0 Å². The van der Waals surface area contributed by atoms with Gasteiger partial charge in [-0.1, -0.05) is 188 Å². The molecule has 0 N–H and O–H groups in total. The van der Waals surface area contributed by atoms with E-state index in [1.54, 1.807) is 0 Å². The summed E-state index contributed by atoms with van der Waals surface area (Å²) in [6.07, 6.45) is 41.8. The van der Waals surface area contributed by atoms with Crippen molar-refractivity contribution in [2.75, 3.05) is 13.1 Å². The summed E-state index contributed by atoms with van der Waals surface area (Å²) in [6.45, 7) is 14.7. The van der Waals surface area contributed by atoms with Gasteiger partial charge in [-0.3, -0.25) is 4.90 Å². The highest BCUT2D eigenvalue weighted by atomic mass is 15.2. The molecule has 0 amide bonds. The number of hydrogen-bond acceptors (Lipinski definition) is 1. The molecule has 0 radical (unpaired) electrons. The van der Waals surface area contributed by atoms with Gasteiger partial charge in [0.1, 0.15) is 0 Å². The molecule has 0 spiro atoms. The van der Waals surface area contributed by atoms with Crippen molar-refractivity contribution in [2.45, 2.75) is 226 Å². The van der Waals surface area contributed by atoms with E-state index >= 15 is 0 Å². The number of hydrogen-bond donors (Lipinski definition) is 0. The minimum Gasteiger partial charge on any atom is -0.298 e. The summed E-state index contributed by atoms with van der Waals surface area (Å²) >= 11 is 0. The van der Waals surface area contributed by atoms with Crippen LogP contribution in [0, 0.1) is 0 Å². The van der Waals surface area contributed by atoms with Crippen molar-refractivity contribution in [3.63, 3.8) is 0 Å². The molecule has 1 nitrogen and oxygen atoms in total. The normalized spacial score (nSPS) is 12.2. The predicted molar refractivity (Wildman–Crippen MR) is 177 cm³/mol. The average molecular weight is 536 g/mol. The highest BCUT2D eigenvalue weighted by Gasteiger charge is 2.25. The quantitative estimate of drug-likeness (QED) is 0.0774. The Hall–Kier alpha value is -0.0400. The first-order chi connectivity index (χ1) is 18.6. The lowest BCUT2D eigenvalue weighted by Crippen LogP contribution is -2.45. The van der Waals surface area contributed by atoms with Gasteiger partial charge >= 0.3 is 0 Å². The zero-order chi connectivity index (χ0) is 28.0. The Morgan fingerprint density at radius 2 is 0.553 bits per heavy atom. The SMILES string of the molecule is CCCCCCCCCCCCCN(CCCCCCCCCCCCC)C(C)(C)CCCCCCCC. The van der Waals surface area contributed by atoms with E-state index in [0.29, 0.717) is 5.54 Å². The minimum absolute atomic E-state index is 0.377. The van der Waals surface area contributed by atoms with E-state index in [4.69, 9.17) is 0 Å². The summed E-state index contributed by atoms with van der Waals surface area (Å²) < 4.78 is 0. The van der Waals surface area contributed by atoms with Crippen molar-refractivity contribution in [1.82, 2.24) is 4.90 Å². The van der Waals surface area contributed by atoms with Gasteiger partial charge in [-0.25, -0.2) is 0 Å². The van der Waals surface area contributed by atoms with Crippen LogP contribution in [0.5, 0.6) is 0 Å². The van der Waals surface area contributed by atoms with E-state index in [-0.39, 0.29) is 0 Å². The molecule has 0 aliphatic carbocycles. The molecule has 0 saturated heterocycles. The Morgan fingerprint density at radius 1 is 0.316 bits per heavy atom. The molecular formula is C37H77N. The zero-order valence-corrected chi connectivity index (χ0v) is 27.9. The van der Waals surface area contributed by atoms with Crippen LogP contribution in [0.2, 0.25) is 0 Å². The molecule has 0 aliphatic heterocycles. The highest BCUT2D eigenvalue weighted by molar-refractivity contribution is 4.81. The van der Waals surface area contributed by atoms with Gasteiger partial charge < -0.3 is 0 Å². The van der Waals surface area contributed by atoms with Gasteiger partial charge in [0, 0.05) is 5.54 Å². The highest BCUT2D eigenvalue weighted by Crippen LogP contribution is 2.25. The third-order valence-corrected chi connectivity index (χ3v) is 9.06. The summed E-state index contributed by atoms with van der Waals surface area (Å²) in [5.41, 5.74) is 0.377. The first-order valence-electron chi connectivity index (χ1n) is 18.3. The Kier molecular flexibility index (Phi) is 29.9. The molecule has 230 valence electrons. The lowest BCUT2D eigenvalue weighted by Gasteiger charge is -2.39. The third kappa shape index (κ3) is 26.2. The first kappa shape index (κ1) is 38.0. The molecular weight excluding hydrogens is 458 g/mol. The molecule has 0 aliphatic rings. The second-order valence-electron chi connectivity index (χ2n) is 13.4. The van der Waals surface area contributed by atoms with Crippen molar-refractivity contribution in [1.29, 1.82) is 0 Å². The fourth-order valence-corrected chi connectivity index (χ4v) is 6.15. The van der Waals surface area contributed by atoms with E-state index in [1.165, 1.54) is 199 Å². The van der Waals surface area contributed by atoms with Crippen LogP contribution in [-0.4, -0.2) is 23.5 Å². The monoisotopic (exact) mass is 536 g/mol. The summed E-state index contributed by atoms with van der Waals surface area (Å²) in [5, 5.41) is 0. The van der Waals surface area contributed by atoms with Crippen LogP contribution in [0.3, 0.4) is 0 Å². The Balaban J connectivity index is 4.16. The average Bonchev–Trinajstić information content (AvgIpc) is 2.91. The lowest BCUT2D eigenvalue weighted by atomic mass is 9.93. The van der Waals surface area contributed by atoms with Crippen LogP contribution >= 0.6 is 0 Å². The Labute approximate surface area is 244 Å². The fraction of sp³-hybridized carbons (Fsp3) is 1.00. The second kappa shape index (κ2) is 29.9. The number of unbranched alkanes of at least 4 members (excludes halogenated alkanes) is 25. The van der Waals surface area contributed by atoms with Gasteiger partial charge in [0.15, 0.2) is 0 Å². The van der Waals surface area contributed by atoms with E-state index < -0.39 is 0 Å². The van der Waals surface area contributed by atoms with Crippen LogP contribution in [-0.2, 0) is 0 Å². The summed E-state index contributed by atoms with van der Waals surface area (Å²) in [5.74, 6) is 0. The molecule has 0 rings (SSSR count). The molecule has 0 atom stereocenters. The van der Waals surface area contributed by atoms with Crippen LogP contribution in [0.4, 0.5) is 0 Å². The van der Waals surface area contributed by atoms with Crippen LogP contribution < -0.4 is 0 Å².